The molecule has 1 heterocycles. The van der Waals surface area contributed by atoms with Gasteiger partial charge < -0.3 is 5.32 Å². The third-order valence-electron chi connectivity index (χ3n) is 3.10. The van der Waals surface area contributed by atoms with Gasteiger partial charge in [0, 0.05) is 23.4 Å². The monoisotopic (exact) mass is 280 g/mol. The van der Waals surface area contributed by atoms with E-state index in [1.165, 1.54) is 30.5 Å². The van der Waals surface area contributed by atoms with E-state index < -0.39 is 23.5 Å². The number of halogens is 3. The zero-order valence-corrected chi connectivity index (χ0v) is 11.0. The van der Waals surface area contributed by atoms with E-state index in [1.807, 2.05) is 6.92 Å². The number of pyridine rings is 1. The number of nitrogens with zero attached hydrogens (tertiary/aromatic N) is 1. The molecule has 0 aliphatic rings. The number of aromatic nitrogens is 1. The highest BCUT2D eigenvalue weighted by molar-refractivity contribution is 5.25. The van der Waals surface area contributed by atoms with Gasteiger partial charge in [0.05, 0.1) is 6.20 Å². The van der Waals surface area contributed by atoms with Gasteiger partial charge in [0.25, 0.3) is 0 Å². The van der Waals surface area contributed by atoms with Gasteiger partial charge in [-0.05, 0) is 31.2 Å². The molecule has 1 aromatic heterocycles. The fourth-order valence-corrected chi connectivity index (χ4v) is 2.14. The van der Waals surface area contributed by atoms with E-state index in [1.54, 1.807) is 0 Å². The maximum Gasteiger partial charge on any atom is 0.146 e. The van der Waals surface area contributed by atoms with Crippen molar-refractivity contribution in [2.75, 3.05) is 6.54 Å². The van der Waals surface area contributed by atoms with E-state index in [0.717, 1.165) is 6.20 Å². The molecule has 5 heteroatoms. The topological polar surface area (TPSA) is 24.9 Å². The molecule has 1 unspecified atom stereocenters. The van der Waals surface area contributed by atoms with Gasteiger partial charge >= 0.3 is 0 Å². The lowest BCUT2D eigenvalue weighted by molar-refractivity contribution is 0.479. The first-order valence-corrected chi connectivity index (χ1v) is 6.39. The van der Waals surface area contributed by atoms with Crippen molar-refractivity contribution in [2.24, 2.45) is 0 Å². The average Bonchev–Trinajstić information content (AvgIpc) is 2.43. The van der Waals surface area contributed by atoms with Crippen molar-refractivity contribution in [1.82, 2.24) is 10.3 Å². The number of nitrogens with one attached hydrogen (secondary N) is 1. The van der Waals surface area contributed by atoms with Gasteiger partial charge in [0.2, 0.25) is 0 Å². The van der Waals surface area contributed by atoms with Gasteiger partial charge in [-0.3, -0.25) is 4.98 Å². The van der Waals surface area contributed by atoms with Gasteiger partial charge in [-0.15, -0.1) is 0 Å². The van der Waals surface area contributed by atoms with Crippen molar-refractivity contribution in [2.45, 2.75) is 19.4 Å². The first-order valence-electron chi connectivity index (χ1n) is 6.39. The number of likely N-dealkylation sites (N-methyl/N-ethyl adjacent to an activating group) is 1. The Bertz CT molecular complexity index is 567. The van der Waals surface area contributed by atoms with Gasteiger partial charge in [0.15, 0.2) is 0 Å². The second kappa shape index (κ2) is 6.52. The van der Waals surface area contributed by atoms with Crippen LogP contribution in [0.5, 0.6) is 0 Å². The Morgan fingerprint density at radius 2 is 1.80 bits per heavy atom. The highest BCUT2D eigenvalue weighted by atomic mass is 19.1. The van der Waals surface area contributed by atoms with Crippen LogP contribution in [0.4, 0.5) is 13.2 Å². The average molecular weight is 280 g/mol. The van der Waals surface area contributed by atoms with Crippen molar-refractivity contribution >= 4 is 0 Å². The summed E-state index contributed by atoms with van der Waals surface area (Å²) in [4.78, 5) is 3.68. The lowest BCUT2D eigenvalue weighted by Crippen LogP contribution is -2.24. The first kappa shape index (κ1) is 14.5. The third-order valence-corrected chi connectivity index (χ3v) is 3.10. The molecule has 1 aromatic carbocycles. The van der Waals surface area contributed by atoms with Crippen LogP contribution in [0.1, 0.15) is 24.1 Å². The molecule has 0 aliphatic carbocycles. The van der Waals surface area contributed by atoms with Crippen molar-refractivity contribution in [3.8, 4) is 0 Å². The zero-order valence-electron chi connectivity index (χ0n) is 11.0. The molecule has 0 bridgehead atoms. The predicted molar refractivity (Wildman–Crippen MR) is 70.7 cm³/mol. The predicted octanol–water partition coefficient (Wildman–Crippen LogP) is 3.39. The van der Waals surface area contributed by atoms with Crippen LogP contribution < -0.4 is 5.32 Å². The molecule has 0 fully saturated rings. The molecule has 106 valence electrons. The molecule has 1 atom stereocenters. The molecule has 0 spiro atoms. The second-order valence-electron chi connectivity index (χ2n) is 4.41. The fraction of sp³-hybridized carbons (Fsp3) is 0.267. The quantitative estimate of drug-likeness (QED) is 0.908. The summed E-state index contributed by atoms with van der Waals surface area (Å²) in [6.07, 6.45) is 2.59. The number of hydrogen-bond acceptors (Lipinski definition) is 2. The third kappa shape index (κ3) is 3.17. The van der Waals surface area contributed by atoms with Gasteiger partial charge in [-0.2, -0.15) is 0 Å². The fourth-order valence-electron chi connectivity index (χ4n) is 2.14. The SMILES string of the molecule is CCNC(Cc1c(F)cccc1F)c1ccncc1F. The van der Waals surface area contributed by atoms with Crippen LogP contribution in [0.3, 0.4) is 0 Å². The summed E-state index contributed by atoms with van der Waals surface area (Å²) in [5.74, 6) is -1.74. The molecule has 0 amide bonds. The summed E-state index contributed by atoms with van der Waals surface area (Å²) in [5, 5.41) is 3.04. The summed E-state index contributed by atoms with van der Waals surface area (Å²) in [6.45, 7) is 2.41. The molecule has 0 aliphatic heterocycles. The number of benzene rings is 1. The van der Waals surface area contributed by atoms with Crippen molar-refractivity contribution in [3.05, 3.63) is 65.2 Å². The minimum atomic E-state index is -0.623. The molecule has 0 radical (unpaired) electrons. The van der Waals surface area contributed by atoms with Crippen LogP contribution in [-0.2, 0) is 6.42 Å². The van der Waals surface area contributed by atoms with E-state index in [4.69, 9.17) is 0 Å². The zero-order chi connectivity index (χ0) is 14.5. The van der Waals surface area contributed by atoms with E-state index in [-0.39, 0.29) is 12.0 Å². The summed E-state index contributed by atoms with van der Waals surface area (Å²) < 4.78 is 41.2. The standard InChI is InChI=1S/C15H15F3N2/c1-2-20-15(10-6-7-19-9-14(10)18)8-11-12(16)4-3-5-13(11)17/h3-7,9,15,20H,2,8H2,1H3. The Morgan fingerprint density at radius 1 is 1.10 bits per heavy atom. The smallest absolute Gasteiger partial charge is 0.146 e. The van der Waals surface area contributed by atoms with E-state index in [2.05, 4.69) is 10.3 Å². The summed E-state index contributed by atoms with van der Waals surface area (Å²) in [6, 6.07) is 4.72. The van der Waals surface area contributed by atoms with Crippen LogP contribution >= 0.6 is 0 Å². The molecular weight excluding hydrogens is 265 g/mol. The molecule has 2 aromatic rings. The largest absolute Gasteiger partial charge is 0.310 e. The number of hydrogen-bond donors (Lipinski definition) is 1. The van der Waals surface area contributed by atoms with Crippen molar-refractivity contribution in [3.63, 3.8) is 0 Å². The van der Waals surface area contributed by atoms with Gasteiger partial charge in [-0.25, -0.2) is 13.2 Å². The maximum absolute atomic E-state index is 13.8. The molecule has 2 rings (SSSR count). The first-order chi connectivity index (χ1) is 9.63. The van der Waals surface area contributed by atoms with E-state index in [9.17, 15) is 13.2 Å². The molecule has 20 heavy (non-hydrogen) atoms. The minimum Gasteiger partial charge on any atom is -0.310 e. The lowest BCUT2D eigenvalue weighted by atomic mass is 9.98. The lowest BCUT2D eigenvalue weighted by Gasteiger charge is -2.19. The molecular formula is C15H15F3N2. The van der Waals surface area contributed by atoms with Crippen molar-refractivity contribution < 1.29 is 13.2 Å². The molecule has 0 saturated heterocycles. The molecule has 0 saturated carbocycles. The Morgan fingerprint density at radius 3 is 2.40 bits per heavy atom. The minimum absolute atomic E-state index is 0.0350. The van der Waals surface area contributed by atoms with Crippen LogP contribution in [-0.4, -0.2) is 11.5 Å². The Labute approximate surface area is 115 Å². The van der Waals surface area contributed by atoms with Gasteiger partial charge in [0.1, 0.15) is 17.5 Å². The number of rotatable bonds is 5. The van der Waals surface area contributed by atoms with Crippen LogP contribution in [0.15, 0.2) is 36.7 Å². The maximum atomic E-state index is 13.8. The highest BCUT2D eigenvalue weighted by Crippen LogP contribution is 2.23. The summed E-state index contributed by atoms with van der Waals surface area (Å²) in [5.41, 5.74) is 0.305. The van der Waals surface area contributed by atoms with E-state index >= 15 is 0 Å². The van der Waals surface area contributed by atoms with Crippen LogP contribution in [0.25, 0.3) is 0 Å². The Hall–Kier alpha value is -1.88. The van der Waals surface area contributed by atoms with Crippen molar-refractivity contribution in [1.29, 1.82) is 0 Å². The summed E-state index contributed by atoms with van der Waals surface area (Å²) in [7, 11) is 0. The summed E-state index contributed by atoms with van der Waals surface area (Å²) >= 11 is 0. The molecule has 2 nitrogen and oxygen atoms in total. The second-order valence-corrected chi connectivity index (χ2v) is 4.41. The van der Waals surface area contributed by atoms with Crippen LogP contribution in [0, 0.1) is 17.5 Å². The normalized spacial score (nSPS) is 12.4. The Balaban J connectivity index is 2.33. The van der Waals surface area contributed by atoms with Gasteiger partial charge in [-0.1, -0.05) is 13.0 Å². The Kier molecular flexibility index (Phi) is 4.74. The molecule has 1 N–H and O–H groups in total. The van der Waals surface area contributed by atoms with Crippen LogP contribution in [0.2, 0.25) is 0 Å². The van der Waals surface area contributed by atoms with E-state index in [0.29, 0.717) is 12.1 Å². The highest BCUT2D eigenvalue weighted by Gasteiger charge is 2.19.